The van der Waals surface area contributed by atoms with Crippen LogP contribution in [0.1, 0.15) is 23.7 Å². The number of fused-ring (bicyclic) bond motifs is 1. The van der Waals surface area contributed by atoms with Crippen LogP contribution in [0.3, 0.4) is 0 Å². The first-order valence-electron chi connectivity index (χ1n) is 8.76. The van der Waals surface area contributed by atoms with Crippen LogP contribution in [0.15, 0.2) is 57.5 Å². The number of halogens is 1. The summed E-state index contributed by atoms with van der Waals surface area (Å²) < 4.78 is 12.5. The SMILES string of the molecule is O=C(CCCc1nc2ccccc2s1)OCc1nc(-c2cccc(Br)c2)no1. The molecular weight excluding hydrogens is 442 g/mol. The monoisotopic (exact) mass is 457 g/mol. The summed E-state index contributed by atoms with van der Waals surface area (Å²) in [6.45, 7) is -0.0268. The Labute approximate surface area is 173 Å². The maximum atomic E-state index is 12.0. The van der Waals surface area contributed by atoms with Gasteiger partial charge in [-0.05, 0) is 37.1 Å². The Morgan fingerprint density at radius 3 is 2.89 bits per heavy atom. The van der Waals surface area contributed by atoms with Gasteiger partial charge in [0.1, 0.15) is 0 Å². The molecule has 28 heavy (non-hydrogen) atoms. The van der Waals surface area contributed by atoms with Crippen molar-refractivity contribution in [3.8, 4) is 11.4 Å². The van der Waals surface area contributed by atoms with E-state index in [0.29, 0.717) is 18.7 Å². The summed E-state index contributed by atoms with van der Waals surface area (Å²) in [6.07, 6.45) is 1.76. The second kappa shape index (κ2) is 8.62. The van der Waals surface area contributed by atoms with Crippen LogP contribution in [-0.2, 0) is 22.6 Å². The Morgan fingerprint density at radius 1 is 1.14 bits per heavy atom. The number of para-hydroxylation sites is 1. The van der Waals surface area contributed by atoms with Crippen LogP contribution in [-0.4, -0.2) is 21.1 Å². The highest BCUT2D eigenvalue weighted by atomic mass is 79.9. The quantitative estimate of drug-likeness (QED) is 0.356. The fourth-order valence-electron chi connectivity index (χ4n) is 2.68. The molecule has 4 rings (SSSR count). The fourth-order valence-corrected chi connectivity index (χ4v) is 4.09. The van der Waals surface area contributed by atoms with Gasteiger partial charge in [-0.3, -0.25) is 4.79 Å². The van der Waals surface area contributed by atoms with Gasteiger partial charge in [0.2, 0.25) is 5.82 Å². The highest BCUT2D eigenvalue weighted by Crippen LogP contribution is 2.23. The average molecular weight is 458 g/mol. The molecule has 0 aliphatic carbocycles. The van der Waals surface area contributed by atoms with Crippen molar-refractivity contribution in [1.82, 2.24) is 15.1 Å². The Kier molecular flexibility index (Phi) is 5.78. The van der Waals surface area contributed by atoms with E-state index in [4.69, 9.17) is 9.26 Å². The smallest absolute Gasteiger partial charge is 0.306 e. The summed E-state index contributed by atoms with van der Waals surface area (Å²) in [7, 11) is 0. The summed E-state index contributed by atoms with van der Waals surface area (Å²) in [5, 5.41) is 4.95. The van der Waals surface area contributed by atoms with Crippen LogP contribution < -0.4 is 0 Å². The van der Waals surface area contributed by atoms with Crippen molar-refractivity contribution in [3.05, 3.63) is 63.9 Å². The molecular formula is C20H16BrN3O3S. The van der Waals surface area contributed by atoms with Crippen LogP contribution in [0.25, 0.3) is 21.6 Å². The molecule has 2 heterocycles. The maximum Gasteiger partial charge on any atom is 0.306 e. The van der Waals surface area contributed by atoms with Crippen molar-refractivity contribution in [3.63, 3.8) is 0 Å². The van der Waals surface area contributed by atoms with Crippen molar-refractivity contribution < 1.29 is 14.1 Å². The zero-order valence-electron chi connectivity index (χ0n) is 14.8. The lowest BCUT2D eigenvalue weighted by molar-refractivity contribution is -0.145. The zero-order valence-corrected chi connectivity index (χ0v) is 17.2. The molecule has 0 atom stereocenters. The number of nitrogens with zero attached hydrogens (tertiary/aromatic N) is 3. The predicted molar refractivity (Wildman–Crippen MR) is 110 cm³/mol. The van der Waals surface area contributed by atoms with E-state index in [2.05, 4.69) is 37.1 Å². The fraction of sp³-hybridized carbons (Fsp3) is 0.200. The Balaban J connectivity index is 1.24. The van der Waals surface area contributed by atoms with Gasteiger partial charge in [-0.25, -0.2) is 4.98 Å². The number of carbonyl (C=O) groups excluding carboxylic acids is 1. The molecule has 0 spiro atoms. The molecule has 0 saturated carbocycles. The Morgan fingerprint density at radius 2 is 2.04 bits per heavy atom. The number of aryl methyl sites for hydroxylation is 1. The van der Waals surface area contributed by atoms with E-state index in [-0.39, 0.29) is 18.5 Å². The highest BCUT2D eigenvalue weighted by molar-refractivity contribution is 9.10. The zero-order chi connectivity index (χ0) is 19.3. The van der Waals surface area contributed by atoms with E-state index in [9.17, 15) is 4.79 Å². The van der Waals surface area contributed by atoms with E-state index in [1.165, 1.54) is 0 Å². The number of hydrogen-bond acceptors (Lipinski definition) is 7. The van der Waals surface area contributed by atoms with Crippen molar-refractivity contribution in [1.29, 1.82) is 0 Å². The summed E-state index contributed by atoms with van der Waals surface area (Å²) in [5.41, 5.74) is 1.83. The van der Waals surface area contributed by atoms with Crippen LogP contribution in [0.4, 0.5) is 0 Å². The van der Waals surface area contributed by atoms with Gasteiger partial charge < -0.3 is 9.26 Å². The molecule has 0 radical (unpaired) electrons. The van der Waals surface area contributed by atoms with Gasteiger partial charge in [-0.1, -0.05) is 45.4 Å². The van der Waals surface area contributed by atoms with Crippen LogP contribution in [0.2, 0.25) is 0 Å². The minimum Gasteiger partial charge on any atom is -0.456 e. The Bertz CT molecular complexity index is 1080. The van der Waals surface area contributed by atoms with Gasteiger partial charge >= 0.3 is 5.97 Å². The molecule has 0 aliphatic rings. The lowest BCUT2D eigenvalue weighted by Crippen LogP contribution is -2.05. The number of rotatable bonds is 7. The first-order chi connectivity index (χ1) is 13.7. The molecule has 0 N–H and O–H groups in total. The minimum absolute atomic E-state index is 0.0268. The molecule has 2 aromatic heterocycles. The summed E-state index contributed by atoms with van der Waals surface area (Å²) >= 11 is 5.07. The first kappa shape index (κ1) is 18.8. The molecule has 142 valence electrons. The Hall–Kier alpha value is -2.58. The van der Waals surface area contributed by atoms with Crippen molar-refractivity contribution in [2.24, 2.45) is 0 Å². The molecule has 0 saturated heterocycles. The van der Waals surface area contributed by atoms with Crippen LogP contribution in [0.5, 0.6) is 0 Å². The molecule has 0 aliphatic heterocycles. The number of thiazole rings is 1. The van der Waals surface area contributed by atoms with Gasteiger partial charge in [0.15, 0.2) is 6.61 Å². The van der Waals surface area contributed by atoms with Crippen LogP contribution >= 0.6 is 27.3 Å². The standard InChI is InChI=1S/C20H16BrN3O3S/c21-14-6-3-5-13(11-14)20-23-17(27-24-20)12-26-19(25)10-4-9-18-22-15-7-1-2-8-16(15)28-18/h1-3,5-8,11H,4,9-10,12H2. The van der Waals surface area contributed by atoms with Gasteiger partial charge in [-0.15, -0.1) is 11.3 Å². The maximum absolute atomic E-state index is 12.0. The average Bonchev–Trinajstić information content (AvgIpc) is 3.33. The van der Waals surface area contributed by atoms with E-state index >= 15 is 0 Å². The normalized spacial score (nSPS) is 11.0. The summed E-state index contributed by atoms with van der Waals surface area (Å²) in [6, 6.07) is 15.6. The number of hydrogen-bond donors (Lipinski definition) is 0. The third-order valence-corrected chi connectivity index (χ3v) is 5.61. The molecule has 0 unspecified atom stereocenters. The van der Waals surface area contributed by atoms with Crippen LogP contribution in [0, 0.1) is 0 Å². The molecule has 4 aromatic rings. The number of benzene rings is 2. The van der Waals surface area contributed by atoms with E-state index in [0.717, 1.165) is 31.7 Å². The van der Waals surface area contributed by atoms with E-state index < -0.39 is 0 Å². The van der Waals surface area contributed by atoms with Gasteiger partial charge in [0.25, 0.3) is 5.89 Å². The molecule has 8 heteroatoms. The summed E-state index contributed by atoms with van der Waals surface area (Å²) in [5.74, 6) is 0.445. The molecule has 0 fully saturated rings. The summed E-state index contributed by atoms with van der Waals surface area (Å²) in [4.78, 5) is 20.8. The topological polar surface area (TPSA) is 78.1 Å². The lowest BCUT2D eigenvalue weighted by atomic mass is 10.2. The van der Waals surface area contributed by atoms with Gasteiger partial charge in [0.05, 0.1) is 15.2 Å². The molecule has 0 bridgehead atoms. The van der Waals surface area contributed by atoms with Crippen molar-refractivity contribution in [2.75, 3.05) is 0 Å². The van der Waals surface area contributed by atoms with E-state index in [1.54, 1.807) is 11.3 Å². The first-order valence-corrected chi connectivity index (χ1v) is 10.4. The number of carbonyl (C=O) groups is 1. The largest absolute Gasteiger partial charge is 0.456 e. The van der Waals surface area contributed by atoms with Gasteiger partial charge in [-0.2, -0.15) is 4.98 Å². The second-order valence-corrected chi connectivity index (χ2v) is 8.14. The third kappa shape index (κ3) is 4.63. The third-order valence-electron chi connectivity index (χ3n) is 4.02. The van der Waals surface area contributed by atoms with E-state index in [1.807, 2.05) is 42.5 Å². The molecule has 6 nitrogen and oxygen atoms in total. The van der Waals surface area contributed by atoms with Gasteiger partial charge in [0, 0.05) is 16.5 Å². The lowest BCUT2D eigenvalue weighted by Gasteiger charge is -2.00. The van der Waals surface area contributed by atoms with Crippen molar-refractivity contribution in [2.45, 2.75) is 25.9 Å². The van der Waals surface area contributed by atoms with Crippen molar-refractivity contribution >= 4 is 43.5 Å². The highest BCUT2D eigenvalue weighted by Gasteiger charge is 2.12. The predicted octanol–water partition coefficient (Wildman–Crippen LogP) is 5.17. The molecule has 0 amide bonds. The second-order valence-electron chi connectivity index (χ2n) is 6.11. The molecule has 2 aromatic carbocycles. The number of esters is 1. The number of ether oxygens (including phenoxy) is 1. The minimum atomic E-state index is -0.289. The number of aromatic nitrogens is 3.